The number of nitrogens with one attached hydrogen (secondary N) is 1. The molecule has 1 heterocycles. The van der Waals surface area contributed by atoms with E-state index in [2.05, 4.69) is 5.32 Å². The highest BCUT2D eigenvalue weighted by molar-refractivity contribution is 6.05. The second-order valence-corrected chi connectivity index (χ2v) is 4.22. The van der Waals surface area contributed by atoms with Crippen LogP contribution in [0.1, 0.15) is 10.4 Å². The molecule has 1 N–H and O–H groups in total. The van der Waals surface area contributed by atoms with Crippen molar-refractivity contribution in [3.63, 3.8) is 0 Å². The molecule has 1 aliphatic rings. The normalized spacial score (nSPS) is 12.1. The van der Waals surface area contributed by atoms with E-state index in [0.717, 1.165) is 0 Å². The quantitative estimate of drug-likeness (QED) is 0.932. The Morgan fingerprint density at radius 1 is 1.15 bits per heavy atom. The van der Waals surface area contributed by atoms with Crippen LogP contribution >= 0.6 is 0 Å². The molecule has 0 radical (unpaired) electrons. The van der Waals surface area contributed by atoms with Crippen LogP contribution in [-0.4, -0.2) is 19.8 Å². The van der Waals surface area contributed by atoms with Gasteiger partial charge in [0.1, 0.15) is 5.75 Å². The van der Waals surface area contributed by atoms with Gasteiger partial charge in [0.05, 0.1) is 12.8 Å². The second kappa shape index (κ2) is 5.13. The third-order valence-corrected chi connectivity index (χ3v) is 3.00. The first-order chi connectivity index (χ1) is 9.78. The van der Waals surface area contributed by atoms with E-state index in [9.17, 15) is 4.79 Å². The Hall–Kier alpha value is -2.69. The zero-order valence-electron chi connectivity index (χ0n) is 10.9. The molecule has 1 amide bonds. The van der Waals surface area contributed by atoms with Gasteiger partial charge in [-0.1, -0.05) is 6.07 Å². The Morgan fingerprint density at radius 3 is 2.70 bits per heavy atom. The van der Waals surface area contributed by atoms with Crippen molar-refractivity contribution in [3.05, 3.63) is 48.0 Å². The molecule has 0 spiro atoms. The predicted molar refractivity (Wildman–Crippen MR) is 73.5 cm³/mol. The molecule has 5 heteroatoms. The molecule has 0 aliphatic carbocycles. The van der Waals surface area contributed by atoms with E-state index in [1.54, 1.807) is 49.6 Å². The maximum absolute atomic E-state index is 12.2. The minimum Gasteiger partial charge on any atom is -0.497 e. The molecule has 102 valence electrons. The summed E-state index contributed by atoms with van der Waals surface area (Å²) in [7, 11) is 1.58. The summed E-state index contributed by atoms with van der Waals surface area (Å²) in [4.78, 5) is 12.2. The summed E-state index contributed by atoms with van der Waals surface area (Å²) < 4.78 is 15.7. The first kappa shape index (κ1) is 12.3. The van der Waals surface area contributed by atoms with Crippen LogP contribution in [0.3, 0.4) is 0 Å². The van der Waals surface area contributed by atoms with Crippen LogP contribution in [0.5, 0.6) is 17.2 Å². The number of carbonyl (C=O) groups is 1. The Balaban J connectivity index is 1.80. The van der Waals surface area contributed by atoms with Crippen molar-refractivity contribution in [2.75, 3.05) is 19.2 Å². The molecule has 0 saturated carbocycles. The number of methoxy groups -OCH3 is 1. The maximum atomic E-state index is 12.2. The Kier molecular flexibility index (Phi) is 3.16. The fraction of sp³-hybridized carbons (Fsp3) is 0.133. The lowest BCUT2D eigenvalue weighted by Gasteiger charge is -2.08. The van der Waals surface area contributed by atoms with Crippen LogP contribution in [0.4, 0.5) is 5.69 Å². The van der Waals surface area contributed by atoms with Gasteiger partial charge in [-0.25, -0.2) is 0 Å². The van der Waals surface area contributed by atoms with Crippen LogP contribution in [-0.2, 0) is 0 Å². The van der Waals surface area contributed by atoms with Crippen molar-refractivity contribution in [3.8, 4) is 17.2 Å². The highest BCUT2D eigenvalue weighted by atomic mass is 16.7. The van der Waals surface area contributed by atoms with Crippen LogP contribution < -0.4 is 19.5 Å². The smallest absolute Gasteiger partial charge is 0.255 e. The molecule has 0 saturated heterocycles. The number of amides is 1. The second-order valence-electron chi connectivity index (χ2n) is 4.22. The monoisotopic (exact) mass is 271 g/mol. The van der Waals surface area contributed by atoms with Crippen LogP contribution in [0.2, 0.25) is 0 Å². The van der Waals surface area contributed by atoms with E-state index in [-0.39, 0.29) is 12.7 Å². The standard InChI is InChI=1S/C15H13NO4/c1-18-11-7-5-10(6-8-11)15(17)16-12-3-2-4-13-14(12)20-9-19-13/h2-8H,9H2,1H3,(H,16,17). The van der Waals surface area contributed by atoms with Crippen LogP contribution in [0.25, 0.3) is 0 Å². The van der Waals surface area contributed by atoms with E-state index >= 15 is 0 Å². The molecule has 0 atom stereocenters. The molecule has 0 unspecified atom stereocenters. The lowest BCUT2D eigenvalue weighted by atomic mass is 10.2. The fourth-order valence-electron chi connectivity index (χ4n) is 1.97. The van der Waals surface area contributed by atoms with E-state index in [1.807, 2.05) is 0 Å². The molecule has 1 aliphatic heterocycles. The third kappa shape index (κ3) is 2.25. The van der Waals surface area contributed by atoms with Gasteiger partial charge in [-0.15, -0.1) is 0 Å². The molecule has 3 rings (SSSR count). The molecule has 0 aromatic heterocycles. The largest absolute Gasteiger partial charge is 0.497 e. The maximum Gasteiger partial charge on any atom is 0.255 e. The van der Waals surface area contributed by atoms with Gasteiger partial charge in [-0.05, 0) is 36.4 Å². The molecule has 2 aromatic rings. The number of benzene rings is 2. The number of ether oxygens (including phenoxy) is 3. The summed E-state index contributed by atoms with van der Waals surface area (Å²) in [6, 6.07) is 12.3. The summed E-state index contributed by atoms with van der Waals surface area (Å²) in [6.07, 6.45) is 0. The zero-order valence-corrected chi connectivity index (χ0v) is 10.9. The average Bonchev–Trinajstić information content (AvgIpc) is 2.97. The summed E-state index contributed by atoms with van der Waals surface area (Å²) in [5.74, 6) is 1.70. The topological polar surface area (TPSA) is 56.8 Å². The van der Waals surface area contributed by atoms with Crippen molar-refractivity contribution < 1.29 is 19.0 Å². The number of anilines is 1. The van der Waals surface area contributed by atoms with Crippen LogP contribution in [0.15, 0.2) is 42.5 Å². The van der Waals surface area contributed by atoms with Crippen molar-refractivity contribution >= 4 is 11.6 Å². The van der Waals surface area contributed by atoms with E-state index in [4.69, 9.17) is 14.2 Å². The highest BCUT2D eigenvalue weighted by Crippen LogP contribution is 2.38. The van der Waals surface area contributed by atoms with Crippen molar-refractivity contribution in [1.29, 1.82) is 0 Å². The Morgan fingerprint density at radius 2 is 1.95 bits per heavy atom. The molecule has 20 heavy (non-hydrogen) atoms. The number of rotatable bonds is 3. The first-order valence-electron chi connectivity index (χ1n) is 6.12. The zero-order chi connectivity index (χ0) is 13.9. The highest BCUT2D eigenvalue weighted by Gasteiger charge is 2.19. The Labute approximate surface area is 116 Å². The molecular weight excluding hydrogens is 258 g/mol. The Bertz CT molecular complexity index is 637. The van der Waals surface area contributed by atoms with E-state index < -0.39 is 0 Å². The van der Waals surface area contributed by atoms with Gasteiger partial charge in [0.25, 0.3) is 5.91 Å². The van der Waals surface area contributed by atoms with Crippen molar-refractivity contribution in [2.24, 2.45) is 0 Å². The average molecular weight is 271 g/mol. The van der Waals surface area contributed by atoms with E-state index in [0.29, 0.717) is 28.5 Å². The van der Waals surface area contributed by atoms with Gasteiger partial charge in [0.2, 0.25) is 6.79 Å². The van der Waals surface area contributed by atoms with Gasteiger partial charge in [0, 0.05) is 5.56 Å². The molecule has 0 bridgehead atoms. The number of hydrogen-bond donors (Lipinski definition) is 1. The first-order valence-corrected chi connectivity index (χ1v) is 6.12. The minimum atomic E-state index is -0.212. The summed E-state index contributed by atoms with van der Waals surface area (Å²) in [6.45, 7) is 0.171. The van der Waals surface area contributed by atoms with Crippen LogP contribution in [0, 0.1) is 0 Å². The molecular formula is C15H13NO4. The third-order valence-electron chi connectivity index (χ3n) is 3.00. The SMILES string of the molecule is COc1ccc(C(=O)Nc2cccc3c2OCO3)cc1. The van der Waals surface area contributed by atoms with E-state index in [1.165, 1.54) is 0 Å². The predicted octanol–water partition coefficient (Wildman–Crippen LogP) is 2.68. The van der Waals surface area contributed by atoms with Crippen molar-refractivity contribution in [2.45, 2.75) is 0 Å². The molecule has 0 fully saturated rings. The number of hydrogen-bond acceptors (Lipinski definition) is 4. The molecule has 2 aromatic carbocycles. The number of fused-ring (bicyclic) bond motifs is 1. The van der Waals surface area contributed by atoms with Gasteiger partial charge in [-0.2, -0.15) is 0 Å². The fourth-order valence-corrected chi connectivity index (χ4v) is 1.97. The lowest BCUT2D eigenvalue weighted by Crippen LogP contribution is -2.12. The van der Waals surface area contributed by atoms with Crippen molar-refractivity contribution in [1.82, 2.24) is 0 Å². The van der Waals surface area contributed by atoms with Gasteiger partial charge >= 0.3 is 0 Å². The number of para-hydroxylation sites is 1. The lowest BCUT2D eigenvalue weighted by molar-refractivity contribution is 0.102. The minimum absolute atomic E-state index is 0.171. The van der Waals surface area contributed by atoms with Gasteiger partial charge < -0.3 is 19.5 Å². The molecule has 5 nitrogen and oxygen atoms in total. The number of carbonyl (C=O) groups excluding carboxylic acids is 1. The summed E-state index contributed by atoms with van der Waals surface area (Å²) in [5.41, 5.74) is 1.14. The van der Waals surface area contributed by atoms with Gasteiger partial charge in [-0.3, -0.25) is 4.79 Å². The summed E-state index contributed by atoms with van der Waals surface area (Å²) >= 11 is 0. The summed E-state index contributed by atoms with van der Waals surface area (Å²) in [5, 5.41) is 2.81. The van der Waals surface area contributed by atoms with Gasteiger partial charge in [0.15, 0.2) is 11.5 Å².